The van der Waals surface area contributed by atoms with E-state index in [-0.39, 0.29) is 5.57 Å². The molecule has 4 nitrogen and oxygen atoms in total. The molecule has 0 fully saturated rings. The van der Waals surface area contributed by atoms with Gasteiger partial charge in [0.25, 0.3) is 0 Å². The van der Waals surface area contributed by atoms with Crippen LogP contribution in [0.3, 0.4) is 0 Å². The zero-order valence-corrected chi connectivity index (χ0v) is 19.5. The number of halogens is 3. The van der Waals surface area contributed by atoms with Crippen molar-refractivity contribution in [2.45, 2.75) is 45.8 Å². The number of aryl methyl sites for hydroxylation is 1. The maximum Gasteiger partial charge on any atom is 0.398 e. The van der Waals surface area contributed by atoms with Gasteiger partial charge in [0.15, 0.2) is 0 Å². The van der Waals surface area contributed by atoms with Gasteiger partial charge in [0.05, 0.1) is 5.52 Å². The number of benzene rings is 2. The number of carbonyl (C=O) groups excluding carboxylic acids is 1. The highest BCUT2D eigenvalue weighted by Crippen LogP contribution is 2.41. The molecule has 0 amide bonds. The maximum atomic E-state index is 13.4. The zero-order chi connectivity index (χ0) is 24.6. The topological polar surface area (TPSA) is 40.5 Å². The Kier molecular flexibility index (Phi) is 6.47. The largest absolute Gasteiger partial charge is 0.493 e. The molecule has 34 heavy (non-hydrogen) atoms. The van der Waals surface area contributed by atoms with E-state index in [1.165, 1.54) is 23.6 Å². The van der Waals surface area contributed by atoms with Crippen molar-refractivity contribution >= 4 is 16.9 Å². The van der Waals surface area contributed by atoms with Crippen LogP contribution < -0.4 is 4.74 Å². The summed E-state index contributed by atoms with van der Waals surface area (Å²) >= 11 is 0. The lowest BCUT2D eigenvalue weighted by molar-refractivity contribution is -0.196. The second kappa shape index (κ2) is 9.20. The fraction of sp³-hybridized carbons (Fsp3) is 0.370. The lowest BCUT2D eigenvalue weighted by Crippen LogP contribution is -2.33. The first-order valence-electron chi connectivity index (χ1n) is 11.4. The van der Waals surface area contributed by atoms with Crippen LogP contribution in [0.25, 0.3) is 22.2 Å². The van der Waals surface area contributed by atoms with Crippen LogP contribution in [0.5, 0.6) is 5.75 Å². The standard InChI is InChI=1S/C27H28F3NO3/c1-5-18-6-9-22-23(10-18)17(4)13-31-24-12-21(8-7-19(24)11-25(22)31)33-14-20(27(28,29)30)15-34-26(32)16(2)3/h6-12,17,20H,2,5,13-15H2,1,3-4H3. The number of ether oxygens (including phenoxy) is 2. The summed E-state index contributed by atoms with van der Waals surface area (Å²) in [5.41, 5.74) is 5.88. The van der Waals surface area contributed by atoms with Gasteiger partial charge in [-0.05, 0) is 48.6 Å². The first-order chi connectivity index (χ1) is 16.1. The van der Waals surface area contributed by atoms with Gasteiger partial charge < -0.3 is 14.0 Å². The average molecular weight is 472 g/mol. The Hall–Kier alpha value is -3.22. The third kappa shape index (κ3) is 4.69. The lowest BCUT2D eigenvalue weighted by atomic mass is 9.89. The summed E-state index contributed by atoms with van der Waals surface area (Å²) in [7, 11) is 0. The van der Waals surface area contributed by atoms with Crippen molar-refractivity contribution in [3.05, 3.63) is 65.7 Å². The summed E-state index contributed by atoms with van der Waals surface area (Å²) in [6.07, 6.45) is -3.58. The first kappa shape index (κ1) is 23.9. The van der Waals surface area contributed by atoms with E-state index in [1.807, 2.05) is 6.07 Å². The van der Waals surface area contributed by atoms with Gasteiger partial charge in [0, 0.05) is 34.8 Å². The van der Waals surface area contributed by atoms with Crippen LogP contribution in [0.1, 0.15) is 37.8 Å². The van der Waals surface area contributed by atoms with Gasteiger partial charge >= 0.3 is 12.1 Å². The van der Waals surface area contributed by atoms with Crippen molar-refractivity contribution in [2.24, 2.45) is 5.92 Å². The van der Waals surface area contributed by atoms with Crippen LogP contribution in [0.2, 0.25) is 0 Å². The van der Waals surface area contributed by atoms with Crippen molar-refractivity contribution in [1.29, 1.82) is 0 Å². The highest BCUT2D eigenvalue weighted by atomic mass is 19.4. The van der Waals surface area contributed by atoms with E-state index < -0.39 is 31.3 Å². The SMILES string of the molecule is C=C(C)C(=O)OCC(COc1ccc2cc3n(c2c1)CC(C)c1cc(CC)ccc1-3)C(F)(F)F. The minimum Gasteiger partial charge on any atom is -0.493 e. The van der Waals surface area contributed by atoms with Gasteiger partial charge in [0.1, 0.15) is 24.9 Å². The smallest absolute Gasteiger partial charge is 0.398 e. The van der Waals surface area contributed by atoms with Crippen LogP contribution in [0.15, 0.2) is 54.6 Å². The monoisotopic (exact) mass is 471 g/mol. The van der Waals surface area contributed by atoms with Gasteiger partial charge in [-0.25, -0.2) is 4.79 Å². The molecular formula is C27H28F3NO3. The number of hydrogen-bond acceptors (Lipinski definition) is 3. The van der Waals surface area contributed by atoms with E-state index in [2.05, 4.69) is 49.3 Å². The number of esters is 1. The van der Waals surface area contributed by atoms with E-state index in [1.54, 1.807) is 12.1 Å². The molecule has 180 valence electrons. The fourth-order valence-electron chi connectivity index (χ4n) is 4.32. The minimum atomic E-state index is -4.57. The third-order valence-electron chi connectivity index (χ3n) is 6.34. The molecule has 2 heterocycles. The van der Waals surface area contributed by atoms with Crippen molar-refractivity contribution in [2.75, 3.05) is 13.2 Å². The molecule has 0 saturated carbocycles. The van der Waals surface area contributed by atoms with E-state index in [0.717, 1.165) is 29.6 Å². The highest BCUT2D eigenvalue weighted by molar-refractivity contribution is 5.89. The quantitative estimate of drug-likeness (QED) is 0.286. The van der Waals surface area contributed by atoms with Gasteiger partial charge in [0.2, 0.25) is 0 Å². The molecule has 2 atom stereocenters. The molecule has 3 aromatic rings. The fourth-order valence-corrected chi connectivity index (χ4v) is 4.32. The lowest BCUT2D eigenvalue weighted by Gasteiger charge is -2.26. The first-order valence-corrected chi connectivity index (χ1v) is 11.4. The summed E-state index contributed by atoms with van der Waals surface area (Å²) in [6.45, 7) is 8.42. The summed E-state index contributed by atoms with van der Waals surface area (Å²) in [6, 6.07) is 14.0. The van der Waals surface area contributed by atoms with Gasteiger partial charge in [-0.15, -0.1) is 0 Å². The van der Waals surface area contributed by atoms with Gasteiger partial charge in [-0.3, -0.25) is 0 Å². The Morgan fingerprint density at radius 3 is 2.62 bits per heavy atom. The summed E-state index contributed by atoms with van der Waals surface area (Å²) in [5.74, 6) is -2.14. The number of rotatable bonds is 7. The average Bonchev–Trinajstić information content (AvgIpc) is 3.15. The van der Waals surface area contributed by atoms with Gasteiger partial charge in [-0.2, -0.15) is 13.2 Å². The molecule has 0 bridgehead atoms. The number of aromatic nitrogens is 1. The minimum absolute atomic E-state index is 0.0482. The molecule has 0 spiro atoms. The Labute approximate surface area is 197 Å². The number of hydrogen-bond donors (Lipinski definition) is 0. The number of carbonyl (C=O) groups is 1. The summed E-state index contributed by atoms with van der Waals surface area (Å²) in [4.78, 5) is 11.5. The number of fused-ring (bicyclic) bond motifs is 5. The van der Waals surface area contributed by atoms with Gasteiger partial charge in [-0.1, -0.05) is 38.6 Å². The normalized spacial score (nSPS) is 16.0. The van der Waals surface area contributed by atoms with Crippen LogP contribution in [0.4, 0.5) is 13.2 Å². The molecule has 0 N–H and O–H groups in total. The Morgan fingerprint density at radius 2 is 1.94 bits per heavy atom. The van der Waals surface area contributed by atoms with Crippen molar-refractivity contribution in [1.82, 2.24) is 4.57 Å². The maximum absolute atomic E-state index is 13.4. The Bertz CT molecular complexity index is 1240. The van der Waals surface area contributed by atoms with E-state index in [0.29, 0.717) is 11.7 Å². The summed E-state index contributed by atoms with van der Waals surface area (Å²) < 4.78 is 52.8. The zero-order valence-electron chi connectivity index (χ0n) is 19.5. The van der Waals surface area contributed by atoms with Crippen LogP contribution in [-0.2, 0) is 22.5 Å². The summed E-state index contributed by atoms with van der Waals surface area (Å²) in [5, 5.41) is 1.00. The predicted octanol–water partition coefficient (Wildman–Crippen LogP) is 6.66. The predicted molar refractivity (Wildman–Crippen MR) is 126 cm³/mol. The molecule has 1 aliphatic rings. The molecule has 0 radical (unpaired) electrons. The second-order valence-corrected chi connectivity index (χ2v) is 8.97. The number of alkyl halides is 3. The van der Waals surface area contributed by atoms with Crippen LogP contribution in [-0.4, -0.2) is 29.9 Å². The molecule has 2 aromatic carbocycles. The van der Waals surface area contributed by atoms with Crippen molar-refractivity contribution in [3.8, 4) is 17.0 Å². The van der Waals surface area contributed by atoms with E-state index >= 15 is 0 Å². The highest BCUT2D eigenvalue weighted by Gasteiger charge is 2.41. The molecule has 0 saturated heterocycles. The molecule has 1 aromatic heterocycles. The molecule has 7 heteroatoms. The molecule has 2 unspecified atom stereocenters. The van der Waals surface area contributed by atoms with E-state index in [4.69, 9.17) is 9.47 Å². The molecular weight excluding hydrogens is 443 g/mol. The van der Waals surface area contributed by atoms with Crippen molar-refractivity contribution < 1.29 is 27.4 Å². The molecule has 1 aliphatic heterocycles. The third-order valence-corrected chi connectivity index (χ3v) is 6.34. The Morgan fingerprint density at radius 1 is 1.18 bits per heavy atom. The molecule has 0 aliphatic carbocycles. The molecule has 4 rings (SSSR count). The number of nitrogens with zero attached hydrogens (tertiary/aromatic N) is 1. The van der Waals surface area contributed by atoms with Crippen molar-refractivity contribution in [3.63, 3.8) is 0 Å². The van der Waals surface area contributed by atoms with E-state index in [9.17, 15) is 18.0 Å². The van der Waals surface area contributed by atoms with Crippen LogP contribution in [0, 0.1) is 5.92 Å². The van der Waals surface area contributed by atoms with Crippen LogP contribution >= 0.6 is 0 Å². The Balaban J connectivity index is 1.58. The second-order valence-electron chi connectivity index (χ2n) is 8.97.